The number of fused-ring (bicyclic) bond motifs is 1. The van der Waals surface area contributed by atoms with Crippen LogP contribution in [0.1, 0.15) is 21.5 Å². The van der Waals surface area contributed by atoms with Crippen LogP contribution in [-0.2, 0) is 17.8 Å². The smallest absolute Gasteiger partial charge is 0.251 e. The van der Waals surface area contributed by atoms with Crippen LogP contribution in [0.25, 0.3) is 0 Å². The topological polar surface area (TPSA) is 55.9 Å². The third kappa shape index (κ3) is 4.91. The zero-order chi connectivity index (χ0) is 23.3. The standard InChI is InChI=1S/C28H30N4O2/c33-27(31-18-16-30(17-19-31)25-8-2-1-3-9-25)20-29-28(34)23-10-12-26(13-11-23)32-15-14-22-6-4-5-7-24(22)21-32/h1-13H,14-21H2,(H,29,34). The average Bonchev–Trinajstić information content (AvgIpc) is 2.92. The van der Waals surface area contributed by atoms with Crippen LogP contribution in [0, 0.1) is 0 Å². The van der Waals surface area contributed by atoms with E-state index in [-0.39, 0.29) is 18.4 Å². The number of benzene rings is 3. The van der Waals surface area contributed by atoms with Crippen molar-refractivity contribution in [3.8, 4) is 0 Å². The molecule has 6 heteroatoms. The molecule has 1 N–H and O–H groups in total. The van der Waals surface area contributed by atoms with E-state index in [1.54, 1.807) is 0 Å². The van der Waals surface area contributed by atoms with Gasteiger partial charge in [-0.2, -0.15) is 0 Å². The predicted octanol–water partition coefficient (Wildman–Crippen LogP) is 3.33. The summed E-state index contributed by atoms with van der Waals surface area (Å²) in [7, 11) is 0. The van der Waals surface area contributed by atoms with Crippen LogP contribution in [0.15, 0.2) is 78.9 Å². The molecule has 6 nitrogen and oxygen atoms in total. The fraction of sp³-hybridized carbons (Fsp3) is 0.286. The van der Waals surface area contributed by atoms with E-state index in [0.29, 0.717) is 18.7 Å². The largest absolute Gasteiger partial charge is 0.368 e. The minimum absolute atomic E-state index is 0.0226. The maximum absolute atomic E-state index is 12.6. The van der Waals surface area contributed by atoms with Gasteiger partial charge in [0, 0.05) is 56.2 Å². The first-order valence-electron chi connectivity index (χ1n) is 12.0. The second-order valence-electron chi connectivity index (χ2n) is 8.87. The van der Waals surface area contributed by atoms with Crippen molar-refractivity contribution < 1.29 is 9.59 Å². The third-order valence-electron chi connectivity index (χ3n) is 6.78. The Kier molecular flexibility index (Phi) is 6.47. The molecule has 0 bridgehead atoms. The Labute approximate surface area is 200 Å². The molecule has 0 radical (unpaired) electrons. The molecule has 3 aromatic rings. The zero-order valence-electron chi connectivity index (χ0n) is 19.3. The molecular formula is C28H30N4O2. The summed E-state index contributed by atoms with van der Waals surface area (Å²) in [6.45, 7) is 4.80. The van der Waals surface area contributed by atoms with E-state index in [9.17, 15) is 9.59 Å². The van der Waals surface area contributed by atoms with Gasteiger partial charge in [-0.05, 0) is 53.9 Å². The minimum atomic E-state index is -0.216. The number of carbonyl (C=O) groups excluding carboxylic acids is 2. The number of hydrogen-bond donors (Lipinski definition) is 1. The van der Waals surface area contributed by atoms with Crippen molar-refractivity contribution in [1.82, 2.24) is 10.2 Å². The van der Waals surface area contributed by atoms with E-state index in [4.69, 9.17) is 0 Å². The van der Waals surface area contributed by atoms with Crippen molar-refractivity contribution >= 4 is 23.2 Å². The molecule has 0 saturated carbocycles. The predicted molar refractivity (Wildman–Crippen MR) is 135 cm³/mol. The van der Waals surface area contributed by atoms with Gasteiger partial charge < -0.3 is 20.0 Å². The summed E-state index contributed by atoms with van der Waals surface area (Å²) < 4.78 is 0. The average molecular weight is 455 g/mol. The summed E-state index contributed by atoms with van der Waals surface area (Å²) in [5, 5.41) is 2.79. The molecule has 0 atom stereocenters. The van der Waals surface area contributed by atoms with Crippen LogP contribution in [0.4, 0.5) is 11.4 Å². The zero-order valence-corrected chi connectivity index (χ0v) is 19.3. The number of nitrogens with one attached hydrogen (secondary N) is 1. The second-order valence-corrected chi connectivity index (χ2v) is 8.87. The van der Waals surface area contributed by atoms with Crippen LogP contribution in [-0.4, -0.2) is 56.0 Å². The van der Waals surface area contributed by atoms with Crippen molar-refractivity contribution in [2.45, 2.75) is 13.0 Å². The Morgan fingerprint density at radius 3 is 2.06 bits per heavy atom. The molecule has 174 valence electrons. The lowest BCUT2D eigenvalue weighted by Gasteiger charge is -2.36. The second kappa shape index (κ2) is 10.00. The van der Waals surface area contributed by atoms with Crippen LogP contribution < -0.4 is 15.1 Å². The van der Waals surface area contributed by atoms with Crippen LogP contribution in [0.2, 0.25) is 0 Å². The molecule has 2 amide bonds. The highest BCUT2D eigenvalue weighted by atomic mass is 16.2. The molecule has 0 spiro atoms. The summed E-state index contributed by atoms with van der Waals surface area (Å²) in [5.74, 6) is -0.253. The Hall–Kier alpha value is -3.80. The van der Waals surface area contributed by atoms with Crippen molar-refractivity contribution in [1.29, 1.82) is 0 Å². The normalized spacial score (nSPS) is 15.6. The van der Waals surface area contributed by atoms with Gasteiger partial charge >= 0.3 is 0 Å². The number of amides is 2. The van der Waals surface area contributed by atoms with Crippen LogP contribution in [0.5, 0.6) is 0 Å². The van der Waals surface area contributed by atoms with E-state index in [1.807, 2.05) is 47.4 Å². The first-order valence-corrected chi connectivity index (χ1v) is 12.0. The molecule has 1 saturated heterocycles. The Balaban J connectivity index is 1.10. The summed E-state index contributed by atoms with van der Waals surface area (Å²) in [6, 6.07) is 26.5. The van der Waals surface area contributed by atoms with E-state index in [1.165, 1.54) is 16.8 Å². The monoisotopic (exact) mass is 454 g/mol. The molecule has 2 aliphatic rings. The Morgan fingerprint density at radius 1 is 0.676 bits per heavy atom. The number of anilines is 2. The van der Waals surface area contributed by atoms with Gasteiger partial charge in [-0.25, -0.2) is 0 Å². The van der Waals surface area contributed by atoms with E-state index < -0.39 is 0 Å². The maximum Gasteiger partial charge on any atom is 0.251 e. The van der Waals surface area contributed by atoms with Crippen molar-refractivity contribution in [2.24, 2.45) is 0 Å². The number of carbonyl (C=O) groups is 2. The van der Waals surface area contributed by atoms with Gasteiger partial charge in [-0.3, -0.25) is 9.59 Å². The summed E-state index contributed by atoms with van der Waals surface area (Å²) in [5.41, 5.74) is 5.64. The molecule has 2 heterocycles. The van der Waals surface area contributed by atoms with E-state index in [2.05, 4.69) is 51.5 Å². The highest BCUT2D eigenvalue weighted by Crippen LogP contribution is 2.24. The highest BCUT2D eigenvalue weighted by Gasteiger charge is 2.22. The van der Waals surface area contributed by atoms with Crippen LogP contribution in [0.3, 0.4) is 0 Å². The van der Waals surface area contributed by atoms with E-state index in [0.717, 1.165) is 38.3 Å². The van der Waals surface area contributed by atoms with Gasteiger partial charge in [0.1, 0.15) is 0 Å². The number of para-hydroxylation sites is 1. The van der Waals surface area contributed by atoms with Crippen molar-refractivity contribution in [3.63, 3.8) is 0 Å². The SMILES string of the molecule is O=C(NCC(=O)N1CCN(c2ccccc2)CC1)c1ccc(N2CCc3ccccc3C2)cc1. The van der Waals surface area contributed by atoms with Gasteiger partial charge in [0.05, 0.1) is 6.54 Å². The molecule has 5 rings (SSSR count). The maximum atomic E-state index is 12.6. The molecule has 34 heavy (non-hydrogen) atoms. The van der Waals surface area contributed by atoms with Gasteiger partial charge in [0.2, 0.25) is 5.91 Å². The molecule has 1 fully saturated rings. The number of rotatable bonds is 5. The molecule has 0 aliphatic carbocycles. The van der Waals surface area contributed by atoms with E-state index >= 15 is 0 Å². The van der Waals surface area contributed by atoms with Crippen LogP contribution >= 0.6 is 0 Å². The Bertz CT molecular complexity index is 1140. The summed E-state index contributed by atoms with van der Waals surface area (Å²) >= 11 is 0. The fourth-order valence-electron chi connectivity index (χ4n) is 4.76. The first-order chi connectivity index (χ1) is 16.7. The Morgan fingerprint density at radius 2 is 1.32 bits per heavy atom. The summed E-state index contributed by atoms with van der Waals surface area (Å²) in [6.07, 6.45) is 1.03. The number of nitrogens with zero attached hydrogens (tertiary/aromatic N) is 3. The minimum Gasteiger partial charge on any atom is -0.368 e. The van der Waals surface area contributed by atoms with Gasteiger partial charge in [-0.1, -0.05) is 42.5 Å². The highest BCUT2D eigenvalue weighted by molar-refractivity contribution is 5.96. The molecule has 0 unspecified atom stereocenters. The lowest BCUT2D eigenvalue weighted by Crippen LogP contribution is -2.51. The van der Waals surface area contributed by atoms with Gasteiger partial charge in [-0.15, -0.1) is 0 Å². The van der Waals surface area contributed by atoms with Gasteiger partial charge in [0.25, 0.3) is 5.91 Å². The summed E-state index contributed by atoms with van der Waals surface area (Å²) in [4.78, 5) is 31.7. The fourth-order valence-corrected chi connectivity index (χ4v) is 4.76. The molecule has 2 aliphatic heterocycles. The lowest BCUT2D eigenvalue weighted by atomic mass is 9.99. The lowest BCUT2D eigenvalue weighted by molar-refractivity contribution is -0.130. The van der Waals surface area contributed by atoms with Crippen molar-refractivity contribution in [2.75, 3.05) is 49.1 Å². The first kappa shape index (κ1) is 22.0. The molecule has 3 aromatic carbocycles. The third-order valence-corrected chi connectivity index (χ3v) is 6.78. The number of piperazine rings is 1. The van der Waals surface area contributed by atoms with Crippen molar-refractivity contribution in [3.05, 3.63) is 95.6 Å². The molecular weight excluding hydrogens is 424 g/mol. The number of hydrogen-bond acceptors (Lipinski definition) is 4. The van der Waals surface area contributed by atoms with Gasteiger partial charge in [0.15, 0.2) is 0 Å². The molecule has 0 aromatic heterocycles. The quantitative estimate of drug-likeness (QED) is 0.643.